The number of hydrogen-bond acceptors (Lipinski definition) is 5. The summed E-state index contributed by atoms with van der Waals surface area (Å²) in [6.07, 6.45) is -0.664. The summed E-state index contributed by atoms with van der Waals surface area (Å²) in [5.74, 6) is -1.74. The highest BCUT2D eigenvalue weighted by Crippen LogP contribution is 2.34. The minimum atomic E-state index is -2.17. The molecule has 8 nitrogen and oxygen atoms in total. The molecule has 0 bridgehead atoms. The number of carboxylic acid groups (broad SMARTS) is 1. The van der Waals surface area contributed by atoms with E-state index in [4.69, 9.17) is 5.11 Å². The molecule has 15 heavy (non-hydrogen) atoms. The Bertz CT molecular complexity index is 291. The predicted octanol–water partition coefficient (Wildman–Crippen LogP) is 0.511. The number of nitrogens with zero attached hydrogens (tertiary/aromatic N) is 2. The lowest BCUT2D eigenvalue weighted by atomic mass is 9.82. The SMILES string of the molecule is O=C(O)C1CCC([N+](=O)[O-])([N+](=O)[O-])CC1. The van der Waals surface area contributed by atoms with Gasteiger partial charge in [0.25, 0.3) is 0 Å². The topological polar surface area (TPSA) is 124 Å². The number of carbonyl (C=O) groups is 1. The van der Waals surface area contributed by atoms with Crippen LogP contribution in [0, 0.1) is 26.1 Å². The van der Waals surface area contributed by atoms with E-state index in [2.05, 4.69) is 0 Å². The largest absolute Gasteiger partial charge is 0.481 e. The van der Waals surface area contributed by atoms with Crippen LogP contribution in [-0.2, 0) is 4.79 Å². The molecule has 0 aromatic rings. The number of hydrogen-bond donors (Lipinski definition) is 1. The lowest BCUT2D eigenvalue weighted by Gasteiger charge is -2.24. The predicted molar refractivity (Wildman–Crippen MR) is 46.3 cm³/mol. The van der Waals surface area contributed by atoms with Crippen LogP contribution in [0.1, 0.15) is 25.7 Å². The van der Waals surface area contributed by atoms with Crippen LogP contribution in [0.4, 0.5) is 0 Å². The van der Waals surface area contributed by atoms with Crippen molar-refractivity contribution >= 4 is 5.97 Å². The first-order chi connectivity index (χ1) is 6.90. The fraction of sp³-hybridized carbons (Fsp3) is 0.857. The van der Waals surface area contributed by atoms with E-state index in [0.29, 0.717) is 0 Å². The molecule has 0 radical (unpaired) electrons. The lowest BCUT2D eigenvalue weighted by Crippen LogP contribution is -2.49. The zero-order valence-electron chi connectivity index (χ0n) is 7.79. The summed E-state index contributed by atoms with van der Waals surface area (Å²) in [5, 5.41) is 29.9. The lowest BCUT2D eigenvalue weighted by molar-refractivity contribution is -0.800. The summed E-state index contributed by atoms with van der Waals surface area (Å²) in [7, 11) is 0. The third-order valence-corrected chi connectivity index (χ3v) is 2.82. The van der Waals surface area contributed by atoms with E-state index in [0.717, 1.165) is 0 Å². The number of carboxylic acids is 1. The van der Waals surface area contributed by atoms with Gasteiger partial charge in [0.05, 0.1) is 28.6 Å². The summed E-state index contributed by atoms with van der Waals surface area (Å²) in [6.45, 7) is 0. The average Bonchev–Trinajstić information content (AvgIpc) is 2.17. The minimum absolute atomic E-state index is 0.0166. The van der Waals surface area contributed by atoms with Crippen molar-refractivity contribution in [2.24, 2.45) is 5.92 Å². The van der Waals surface area contributed by atoms with E-state index in [-0.39, 0.29) is 25.7 Å². The first kappa shape index (κ1) is 11.3. The second kappa shape index (κ2) is 3.79. The van der Waals surface area contributed by atoms with E-state index >= 15 is 0 Å². The van der Waals surface area contributed by atoms with Crippen molar-refractivity contribution in [3.8, 4) is 0 Å². The van der Waals surface area contributed by atoms with Gasteiger partial charge in [0.2, 0.25) is 0 Å². The highest BCUT2D eigenvalue weighted by molar-refractivity contribution is 5.70. The van der Waals surface area contributed by atoms with Crippen molar-refractivity contribution in [1.29, 1.82) is 0 Å². The van der Waals surface area contributed by atoms with Crippen molar-refractivity contribution in [3.05, 3.63) is 20.2 Å². The number of aliphatic carboxylic acids is 1. The Morgan fingerprint density at radius 2 is 1.60 bits per heavy atom. The van der Waals surface area contributed by atoms with Crippen LogP contribution in [0.3, 0.4) is 0 Å². The second-order valence-electron chi connectivity index (χ2n) is 3.61. The van der Waals surface area contributed by atoms with Crippen LogP contribution in [0.2, 0.25) is 0 Å². The third kappa shape index (κ3) is 1.88. The van der Waals surface area contributed by atoms with Crippen LogP contribution >= 0.6 is 0 Å². The van der Waals surface area contributed by atoms with Crippen molar-refractivity contribution < 1.29 is 19.7 Å². The Morgan fingerprint density at radius 3 is 1.87 bits per heavy atom. The molecule has 0 aliphatic heterocycles. The first-order valence-corrected chi connectivity index (χ1v) is 4.42. The molecule has 0 spiro atoms. The van der Waals surface area contributed by atoms with Gasteiger partial charge in [0.15, 0.2) is 0 Å². The zero-order valence-corrected chi connectivity index (χ0v) is 7.79. The van der Waals surface area contributed by atoms with E-state index in [9.17, 15) is 25.0 Å². The third-order valence-electron chi connectivity index (χ3n) is 2.82. The molecule has 8 heteroatoms. The van der Waals surface area contributed by atoms with Gasteiger partial charge >= 0.3 is 11.6 Å². The smallest absolute Gasteiger partial charge is 0.458 e. The molecule has 0 saturated heterocycles. The van der Waals surface area contributed by atoms with Gasteiger partial charge in [-0.05, 0) is 12.8 Å². The van der Waals surface area contributed by atoms with Gasteiger partial charge in [-0.1, -0.05) is 0 Å². The molecule has 1 N–H and O–H groups in total. The second-order valence-corrected chi connectivity index (χ2v) is 3.61. The van der Waals surface area contributed by atoms with Crippen LogP contribution in [0.15, 0.2) is 0 Å². The summed E-state index contributed by atoms with van der Waals surface area (Å²) < 4.78 is 0. The van der Waals surface area contributed by atoms with E-state index in [1.165, 1.54) is 0 Å². The normalized spacial score (nSPS) is 20.8. The molecule has 0 atom stereocenters. The van der Waals surface area contributed by atoms with Gasteiger partial charge in [-0.15, -0.1) is 0 Å². The molecule has 0 amide bonds. The molecule has 1 fully saturated rings. The molecule has 1 aliphatic rings. The molecule has 0 heterocycles. The van der Waals surface area contributed by atoms with E-state index in [1.54, 1.807) is 0 Å². The highest BCUT2D eigenvalue weighted by Gasteiger charge is 2.58. The Kier molecular flexibility index (Phi) is 2.87. The van der Waals surface area contributed by atoms with Crippen LogP contribution in [0.25, 0.3) is 0 Å². The Labute approximate surface area is 84.2 Å². The van der Waals surface area contributed by atoms with Crippen molar-refractivity contribution in [1.82, 2.24) is 0 Å². The summed E-state index contributed by atoms with van der Waals surface area (Å²) in [6, 6.07) is 0. The minimum Gasteiger partial charge on any atom is -0.481 e. The Balaban J connectivity index is 2.79. The standard InChI is InChI=1S/C7H10N2O6/c10-6(11)5-1-3-7(4-2-5,8(12)13)9(14)15/h5H,1-4H2,(H,10,11). The van der Waals surface area contributed by atoms with Gasteiger partial charge < -0.3 is 5.11 Å². The maximum Gasteiger partial charge on any atom is 0.458 e. The molecular weight excluding hydrogens is 208 g/mol. The average molecular weight is 218 g/mol. The van der Waals surface area contributed by atoms with Crippen molar-refractivity contribution in [2.45, 2.75) is 31.3 Å². The fourth-order valence-corrected chi connectivity index (χ4v) is 1.76. The maximum atomic E-state index is 10.6. The Morgan fingerprint density at radius 1 is 1.20 bits per heavy atom. The molecule has 1 saturated carbocycles. The summed E-state index contributed by atoms with van der Waals surface area (Å²) >= 11 is 0. The van der Waals surface area contributed by atoms with Gasteiger partial charge in [0, 0.05) is 0 Å². The van der Waals surface area contributed by atoms with Gasteiger partial charge in [-0.25, -0.2) is 0 Å². The van der Waals surface area contributed by atoms with Gasteiger partial charge in [-0.2, -0.15) is 0 Å². The van der Waals surface area contributed by atoms with E-state index in [1.807, 2.05) is 0 Å². The van der Waals surface area contributed by atoms with Gasteiger partial charge in [-0.3, -0.25) is 25.0 Å². The van der Waals surface area contributed by atoms with Crippen LogP contribution in [0.5, 0.6) is 0 Å². The van der Waals surface area contributed by atoms with Crippen molar-refractivity contribution in [3.63, 3.8) is 0 Å². The summed E-state index contributed by atoms with van der Waals surface area (Å²) in [5.41, 5.74) is -2.17. The van der Waals surface area contributed by atoms with Crippen LogP contribution in [-0.4, -0.2) is 26.6 Å². The van der Waals surface area contributed by atoms with Crippen molar-refractivity contribution in [2.75, 3.05) is 0 Å². The molecule has 84 valence electrons. The van der Waals surface area contributed by atoms with Crippen LogP contribution < -0.4 is 0 Å². The quantitative estimate of drug-likeness (QED) is 0.418. The molecule has 1 rings (SSSR count). The molecule has 0 aromatic carbocycles. The molecule has 0 aromatic heterocycles. The molecular formula is C7H10N2O6. The Hall–Kier alpha value is -1.73. The summed E-state index contributed by atoms with van der Waals surface area (Å²) in [4.78, 5) is 30.0. The highest BCUT2D eigenvalue weighted by atomic mass is 16.7. The molecule has 0 unspecified atom stereocenters. The number of nitro groups is 2. The molecule has 1 aliphatic carbocycles. The monoisotopic (exact) mass is 218 g/mol. The first-order valence-electron chi connectivity index (χ1n) is 4.42. The van der Waals surface area contributed by atoms with E-state index < -0.39 is 27.4 Å². The fourth-order valence-electron chi connectivity index (χ4n) is 1.76. The number of rotatable bonds is 3. The maximum absolute atomic E-state index is 10.6. The zero-order chi connectivity index (χ0) is 11.6. The van der Waals surface area contributed by atoms with Gasteiger partial charge in [0.1, 0.15) is 0 Å².